The minimum Gasteiger partial charge on any atom is -0.451 e. The molecule has 2 aromatic carbocycles. The Bertz CT molecular complexity index is 1140. The lowest BCUT2D eigenvalue weighted by molar-refractivity contribution is -0.131. The molecule has 6 nitrogen and oxygen atoms in total. The third-order valence-electron chi connectivity index (χ3n) is 5.42. The second-order valence-electron chi connectivity index (χ2n) is 7.49. The number of piperazine rings is 1. The molecule has 0 saturated carbocycles. The summed E-state index contributed by atoms with van der Waals surface area (Å²) in [7, 11) is 0. The Kier molecular flexibility index (Phi) is 6.72. The van der Waals surface area contributed by atoms with Crippen molar-refractivity contribution in [3.63, 3.8) is 0 Å². The van der Waals surface area contributed by atoms with Crippen LogP contribution in [0.5, 0.6) is 0 Å². The first-order valence-corrected chi connectivity index (χ1v) is 11.2. The number of carbonyl (C=O) groups is 2. The maximum absolute atomic E-state index is 12.9. The normalized spacial score (nSPS) is 13.8. The van der Waals surface area contributed by atoms with E-state index in [1.54, 1.807) is 36.4 Å². The third kappa shape index (κ3) is 4.76. The van der Waals surface area contributed by atoms with Gasteiger partial charge in [-0.15, -0.1) is 0 Å². The van der Waals surface area contributed by atoms with Crippen LogP contribution in [0.4, 0.5) is 11.4 Å². The number of benzene rings is 2. The zero-order valence-corrected chi connectivity index (χ0v) is 19.1. The predicted molar refractivity (Wildman–Crippen MR) is 128 cm³/mol. The highest BCUT2D eigenvalue weighted by Crippen LogP contribution is 2.35. The molecule has 32 heavy (non-hydrogen) atoms. The molecule has 0 aliphatic carbocycles. The Balaban J connectivity index is 1.51. The van der Waals surface area contributed by atoms with E-state index in [1.807, 2.05) is 30.0 Å². The number of furan rings is 1. The van der Waals surface area contributed by atoms with E-state index < -0.39 is 0 Å². The van der Waals surface area contributed by atoms with Gasteiger partial charge in [0.15, 0.2) is 5.76 Å². The van der Waals surface area contributed by atoms with Crippen LogP contribution in [-0.4, -0.2) is 42.9 Å². The van der Waals surface area contributed by atoms with Crippen LogP contribution >= 0.6 is 23.2 Å². The number of nitrogens with one attached hydrogen (secondary N) is 1. The SMILES string of the molecule is CCC(=O)N1CCN(c2c(Cl)cccc2NC(=O)c2ccc(-c3cccc(Cl)c3)o2)CC1. The van der Waals surface area contributed by atoms with Crippen molar-refractivity contribution in [2.45, 2.75) is 13.3 Å². The summed E-state index contributed by atoms with van der Waals surface area (Å²) in [5.41, 5.74) is 2.13. The molecular formula is C24H23Cl2N3O3. The molecule has 0 bridgehead atoms. The Morgan fingerprint density at radius 2 is 1.75 bits per heavy atom. The van der Waals surface area contributed by atoms with Gasteiger partial charge < -0.3 is 19.5 Å². The van der Waals surface area contributed by atoms with Crippen LogP contribution in [0.15, 0.2) is 59.0 Å². The maximum Gasteiger partial charge on any atom is 0.291 e. The number of para-hydroxylation sites is 1. The number of nitrogens with zero attached hydrogens (tertiary/aromatic N) is 2. The van der Waals surface area contributed by atoms with Gasteiger partial charge in [-0.2, -0.15) is 0 Å². The van der Waals surface area contributed by atoms with Crippen LogP contribution < -0.4 is 10.2 Å². The summed E-state index contributed by atoms with van der Waals surface area (Å²) < 4.78 is 5.77. The first-order chi connectivity index (χ1) is 15.5. The third-order valence-corrected chi connectivity index (χ3v) is 5.97. The number of carbonyl (C=O) groups excluding carboxylic acids is 2. The van der Waals surface area contributed by atoms with Crippen molar-refractivity contribution in [3.8, 4) is 11.3 Å². The minimum atomic E-state index is -0.374. The van der Waals surface area contributed by atoms with Crippen molar-refractivity contribution in [1.29, 1.82) is 0 Å². The quantitative estimate of drug-likeness (QED) is 0.528. The summed E-state index contributed by atoms with van der Waals surface area (Å²) >= 11 is 12.6. The Labute approximate surface area is 196 Å². The second-order valence-corrected chi connectivity index (χ2v) is 8.33. The second kappa shape index (κ2) is 9.67. The topological polar surface area (TPSA) is 65.8 Å². The van der Waals surface area contributed by atoms with E-state index in [4.69, 9.17) is 27.6 Å². The Hall–Kier alpha value is -2.96. The highest BCUT2D eigenvalue weighted by Gasteiger charge is 2.24. The standard InChI is InChI=1S/C24H23Cl2N3O3/c1-2-22(30)28-11-13-29(14-12-28)23-18(26)7-4-8-19(23)27-24(31)21-10-9-20(32-21)16-5-3-6-17(25)15-16/h3-10,15H,2,11-14H2,1H3,(H,27,31). The van der Waals surface area contributed by atoms with Crippen LogP contribution in [0.25, 0.3) is 11.3 Å². The first kappa shape index (κ1) is 22.2. The number of anilines is 2. The van der Waals surface area contributed by atoms with E-state index in [2.05, 4.69) is 10.2 Å². The molecule has 1 aliphatic rings. The largest absolute Gasteiger partial charge is 0.451 e. The fourth-order valence-corrected chi connectivity index (χ4v) is 4.27. The van der Waals surface area contributed by atoms with Crippen molar-refractivity contribution in [2.75, 3.05) is 36.4 Å². The number of hydrogen-bond acceptors (Lipinski definition) is 4. The molecule has 2 amide bonds. The molecule has 3 aromatic rings. The number of halogens is 2. The van der Waals surface area contributed by atoms with Crippen LogP contribution in [0, 0.1) is 0 Å². The summed E-state index contributed by atoms with van der Waals surface area (Å²) in [5.74, 6) is 0.511. The van der Waals surface area contributed by atoms with Gasteiger partial charge in [0, 0.05) is 43.2 Å². The molecule has 1 N–H and O–H groups in total. The van der Waals surface area contributed by atoms with Gasteiger partial charge in [0.2, 0.25) is 5.91 Å². The number of amides is 2. The molecule has 0 unspecified atom stereocenters. The smallest absolute Gasteiger partial charge is 0.291 e. The molecule has 0 radical (unpaired) electrons. The molecule has 166 valence electrons. The lowest BCUT2D eigenvalue weighted by Gasteiger charge is -2.37. The van der Waals surface area contributed by atoms with Gasteiger partial charge in [0.1, 0.15) is 5.76 Å². The summed E-state index contributed by atoms with van der Waals surface area (Å²) in [4.78, 5) is 28.8. The summed E-state index contributed by atoms with van der Waals surface area (Å²) in [6.45, 7) is 4.37. The molecule has 4 rings (SSSR count). The Morgan fingerprint density at radius 3 is 2.47 bits per heavy atom. The fourth-order valence-electron chi connectivity index (χ4n) is 3.78. The monoisotopic (exact) mass is 471 g/mol. The molecule has 0 atom stereocenters. The number of rotatable bonds is 5. The highest BCUT2D eigenvalue weighted by molar-refractivity contribution is 6.34. The molecule has 8 heteroatoms. The van der Waals surface area contributed by atoms with E-state index >= 15 is 0 Å². The lowest BCUT2D eigenvalue weighted by Crippen LogP contribution is -2.48. The maximum atomic E-state index is 12.9. The number of hydrogen-bond donors (Lipinski definition) is 1. The van der Waals surface area contributed by atoms with Crippen molar-refractivity contribution in [3.05, 3.63) is 70.4 Å². The zero-order chi connectivity index (χ0) is 22.7. The van der Waals surface area contributed by atoms with E-state index in [-0.39, 0.29) is 17.6 Å². The van der Waals surface area contributed by atoms with Crippen molar-refractivity contribution in [2.24, 2.45) is 0 Å². The fraction of sp³-hybridized carbons (Fsp3) is 0.250. The summed E-state index contributed by atoms with van der Waals surface area (Å²) in [6, 6.07) is 16.0. The predicted octanol–water partition coefficient (Wildman–Crippen LogP) is 5.56. The molecule has 2 heterocycles. The lowest BCUT2D eigenvalue weighted by atomic mass is 10.2. The van der Waals surface area contributed by atoms with E-state index in [9.17, 15) is 9.59 Å². The van der Waals surface area contributed by atoms with Crippen molar-refractivity contribution >= 4 is 46.4 Å². The highest BCUT2D eigenvalue weighted by atomic mass is 35.5. The van der Waals surface area contributed by atoms with Gasteiger partial charge in [-0.1, -0.05) is 48.3 Å². The average molecular weight is 472 g/mol. The van der Waals surface area contributed by atoms with E-state index in [0.717, 1.165) is 11.3 Å². The molecule has 1 saturated heterocycles. The van der Waals surface area contributed by atoms with Crippen LogP contribution in [-0.2, 0) is 4.79 Å². The van der Waals surface area contributed by atoms with Crippen molar-refractivity contribution < 1.29 is 14.0 Å². The van der Waals surface area contributed by atoms with Gasteiger partial charge in [-0.3, -0.25) is 9.59 Å². The zero-order valence-electron chi connectivity index (χ0n) is 17.6. The first-order valence-electron chi connectivity index (χ1n) is 10.4. The molecule has 0 spiro atoms. The summed E-state index contributed by atoms with van der Waals surface area (Å²) in [5, 5.41) is 4.05. The Morgan fingerprint density at radius 1 is 1.00 bits per heavy atom. The minimum absolute atomic E-state index is 0.144. The van der Waals surface area contributed by atoms with Gasteiger partial charge >= 0.3 is 0 Å². The van der Waals surface area contributed by atoms with Crippen LogP contribution in [0.1, 0.15) is 23.9 Å². The molecule has 1 aliphatic heterocycles. The van der Waals surface area contributed by atoms with Crippen LogP contribution in [0.3, 0.4) is 0 Å². The molecule has 1 aromatic heterocycles. The van der Waals surface area contributed by atoms with Gasteiger partial charge in [-0.25, -0.2) is 0 Å². The summed E-state index contributed by atoms with van der Waals surface area (Å²) in [6.07, 6.45) is 0.494. The van der Waals surface area contributed by atoms with Gasteiger partial charge in [-0.05, 0) is 36.4 Å². The van der Waals surface area contributed by atoms with Crippen molar-refractivity contribution in [1.82, 2.24) is 4.90 Å². The van der Waals surface area contributed by atoms with Crippen LogP contribution in [0.2, 0.25) is 10.0 Å². The molecular weight excluding hydrogens is 449 g/mol. The average Bonchev–Trinajstić information content (AvgIpc) is 3.30. The van der Waals surface area contributed by atoms with Gasteiger partial charge in [0.05, 0.1) is 16.4 Å². The van der Waals surface area contributed by atoms with E-state index in [0.29, 0.717) is 54.1 Å². The molecule has 1 fully saturated rings. The van der Waals surface area contributed by atoms with E-state index in [1.165, 1.54) is 0 Å². The van der Waals surface area contributed by atoms with Gasteiger partial charge in [0.25, 0.3) is 5.91 Å².